The summed E-state index contributed by atoms with van der Waals surface area (Å²) in [6.07, 6.45) is 9.79. The summed E-state index contributed by atoms with van der Waals surface area (Å²) in [7, 11) is 3.97. The molecule has 1 aromatic heterocycles. The number of nitrogens with zero attached hydrogens (tertiary/aromatic N) is 4. The van der Waals surface area contributed by atoms with E-state index in [1.807, 2.05) is 40.1 Å². The number of imidazole rings is 1. The maximum Gasteiger partial charge on any atom is 0.142 e. The Labute approximate surface area is 219 Å². The maximum atomic E-state index is 10.5. The van der Waals surface area contributed by atoms with Crippen LogP contribution in [0.5, 0.6) is 0 Å². The van der Waals surface area contributed by atoms with Gasteiger partial charge in [0.05, 0.1) is 30.4 Å². The van der Waals surface area contributed by atoms with Gasteiger partial charge in [-0.3, -0.25) is 4.79 Å². The molecular weight excluding hydrogens is 470 g/mol. The van der Waals surface area contributed by atoms with Gasteiger partial charge in [0, 0.05) is 69.9 Å². The van der Waals surface area contributed by atoms with Crippen molar-refractivity contribution in [2.75, 3.05) is 58.8 Å². The van der Waals surface area contributed by atoms with Gasteiger partial charge in [-0.1, -0.05) is 6.08 Å². The molecule has 2 aromatic rings. The lowest BCUT2D eigenvalue weighted by Crippen LogP contribution is -2.66. The van der Waals surface area contributed by atoms with E-state index in [4.69, 9.17) is 14.5 Å². The smallest absolute Gasteiger partial charge is 0.142 e. The first kappa shape index (κ1) is 28.6. The highest BCUT2D eigenvalue weighted by molar-refractivity contribution is 5.85. The first-order chi connectivity index (χ1) is 17.9. The molecule has 0 saturated carbocycles. The number of benzene rings is 1. The van der Waals surface area contributed by atoms with Crippen LogP contribution in [0.4, 0.5) is 5.69 Å². The molecule has 2 aliphatic heterocycles. The average molecular weight is 512 g/mol. The molecule has 37 heavy (non-hydrogen) atoms. The van der Waals surface area contributed by atoms with Crippen LogP contribution in [0.3, 0.4) is 0 Å². The minimum Gasteiger partial charge on any atom is -0.393 e. The quantitative estimate of drug-likeness (QED) is 0.240. The molecule has 2 fully saturated rings. The van der Waals surface area contributed by atoms with E-state index in [0.717, 1.165) is 87.6 Å². The van der Waals surface area contributed by atoms with Crippen molar-refractivity contribution in [3.63, 3.8) is 0 Å². The van der Waals surface area contributed by atoms with Gasteiger partial charge >= 0.3 is 0 Å². The number of aliphatic hydroxyl groups is 1. The Balaban J connectivity index is 0.00000186. The van der Waals surface area contributed by atoms with Crippen molar-refractivity contribution in [2.24, 2.45) is 5.41 Å². The number of anilines is 1. The number of allylic oxidation sites excluding steroid dienone is 3. The van der Waals surface area contributed by atoms with Gasteiger partial charge < -0.3 is 34.3 Å². The molecule has 0 radical (unpaired) electrons. The molecule has 0 bridgehead atoms. The van der Waals surface area contributed by atoms with E-state index in [-0.39, 0.29) is 6.10 Å². The number of aromatic nitrogens is 2. The largest absolute Gasteiger partial charge is 0.393 e. The fourth-order valence-electron chi connectivity index (χ4n) is 5.11. The van der Waals surface area contributed by atoms with Crippen molar-refractivity contribution in [1.82, 2.24) is 19.4 Å². The molecule has 2 aliphatic rings. The Hall–Kier alpha value is -3.01. The van der Waals surface area contributed by atoms with E-state index in [9.17, 15) is 9.90 Å². The van der Waals surface area contributed by atoms with E-state index in [1.54, 1.807) is 6.08 Å². The van der Waals surface area contributed by atoms with Gasteiger partial charge in [0.15, 0.2) is 0 Å². The zero-order valence-corrected chi connectivity index (χ0v) is 22.4. The minimum atomic E-state index is -0.348. The van der Waals surface area contributed by atoms with E-state index >= 15 is 0 Å². The number of likely N-dealkylation sites (tertiary alicyclic amines) is 1. The molecule has 0 amide bonds. The number of hydrogen-bond donors (Lipinski definition) is 2. The van der Waals surface area contributed by atoms with Crippen LogP contribution in [0.1, 0.15) is 24.7 Å². The van der Waals surface area contributed by atoms with Crippen LogP contribution in [-0.2, 0) is 33.7 Å². The number of aldehydes is 1. The molecule has 2 N–H and O–H groups in total. The van der Waals surface area contributed by atoms with Crippen molar-refractivity contribution in [3.8, 4) is 0 Å². The van der Waals surface area contributed by atoms with Crippen molar-refractivity contribution >= 4 is 29.8 Å². The van der Waals surface area contributed by atoms with Crippen LogP contribution in [0, 0.1) is 5.41 Å². The molecule has 4 rings (SSSR count). The van der Waals surface area contributed by atoms with E-state index < -0.39 is 0 Å². The lowest BCUT2D eigenvalue weighted by molar-refractivity contribution is -0.189. The Bertz CT molecular complexity index is 1080. The third kappa shape index (κ3) is 7.06. The number of aryl methyl sites for hydroxylation is 1. The molecule has 2 saturated heterocycles. The van der Waals surface area contributed by atoms with Crippen LogP contribution in [0.15, 0.2) is 36.6 Å². The van der Waals surface area contributed by atoms with Gasteiger partial charge in [0.25, 0.3) is 0 Å². The van der Waals surface area contributed by atoms with Crippen LogP contribution in [0.25, 0.3) is 11.0 Å². The molecule has 202 valence electrons. The lowest BCUT2D eigenvalue weighted by Gasteiger charge is -2.55. The summed E-state index contributed by atoms with van der Waals surface area (Å²) in [6, 6.07) is 4.31. The number of carbonyl (C=O) groups is 2. The molecule has 1 atom stereocenters. The average Bonchev–Trinajstić information content (AvgIpc) is 3.20. The summed E-state index contributed by atoms with van der Waals surface area (Å²) in [5.74, 6) is 1.08. The summed E-state index contributed by atoms with van der Waals surface area (Å²) in [5.41, 5.74) is 4.86. The van der Waals surface area contributed by atoms with Crippen molar-refractivity contribution in [1.29, 1.82) is 0 Å². The normalized spacial score (nSPS) is 17.4. The summed E-state index contributed by atoms with van der Waals surface area (Å²) < 4.78 is 7.81. The van der Waals surface area contributed by atoms with Crippen LogP contribution in [-0.4, -0.2) is 97.1 Å². The Morgan fingerprint density at radius 1 is 1.22 bits per heavy atom. The highest BCUT2D eigenvalue weighted by Gasteiger charge is 2.48. The fraction of sp³-hybridized carbons (Fsp3) is 0.536. The zero-order chi connectivity index (χ0) is 26.8. The predicted molar refractivity (Wildman–Crippen MR) is 147 cm³/mol. The number of rotatable bonds is 13. The fourth-order valence-corrected chi connectivity index (χ4v) is 5.11. The molecule has 1 aromatic carbocycles. The van der Waals surface area contributed by atoms with Crippen molar-refractivity contribution in [3.05, 3.63) is 47.9 Å². The lowest BCUT2D eigenvalue weighted by atomic mass is 9.78. The maximum absolute atomic E-state index is 10.5. The third-order valence-electron chi connectivity index (χ3n) is 7.09. The second-order valence-corrected chi connectivity index (χ2v) is 10.1. The summed E-state index contributed by atoms with van der Waals surface area (Å²) >= 11 is 0. The van der Waals surface area contributed by atoms with E-state index in [0.29, 0.717) is 11.8 Å². The van der Waals surface area contributed by atoms with Gasteiger partial charge in [-0.05, 0) is 50.3 Å². The monoisotopic (exact) mass is 511 g/mol. The molecule has 3 heterocycles. The Morgan fingerprint density at radius 2 is 1.97 bits per heavy atom. The predicted octanol–water partition coefficient (Wildman–Crippen LogP) is 2.28. The second-order valence-electron chi connectivity index (χ2n) is 10.1. The van der Waals surface area contributed by atoms with E-state index in [2.05, 4.69) is 31.8 Å². The minimum absolute atomic E-state index is 0.348. The number of ether oxygens (including phenoxy) is 1. The summed E-state index contributed by atoms with van der Waals surface area (Å²) in [5, 5.41) is 13.2. The van der Waals surface area contributed by atoms with Gasteiger partial charge in [0.1, 0.15) is 18.9 Å². The number of carbonyl (C=O) groups excluding carboxylic acids is 2. The molecule has 9 nitrogen and oxygen atoms in total. The third-order valence-corrected chi connectivity index (χ3v) is 7.09. The highest BCUT2D eigenvalue weighted by Crippen LogP contribution is 2.37. The summed E-state index contributed by atoms with van der Waals surface area (Å²) in [4.78, 5) is 28.2. The van der Waals surface area contributed by atoms with Gasteiger partial charge in [-0.2, -0.15) is 0 Å². The Morgan fingerprint density at radius 3 is 2.59 bits per heavy atom. The van der Waals surface area contributed by atoms with E-state index in [1.165, 1.54) is 11.6 Å². The number of fused-ring (bicyclic) bond motifs is 1. The summed E-state index contributed by atoms with van der Waals surface area (Å²) in [6.45, 7) is 10.6. The molecule has 9 heteroatoms. The van der Waals surface area contributed by atoms with Gasteiger partial charge in [-0.25, -0.2) is 4.98 Å². The van der Waals surface area contributed by atoms with Gasteiger partial charge in [0.2, 0.25) is 0 Å². The first-order valence-corrected chi connectivity index (χ1v) is 12.9. The standard InChI is InChI=1S/C27H39N5O3.CH2O/c1-21(34)7-8-22-23(28-2)9-10-24-26(22)29-25(11-13-30(3)12-5-4-6-16-33)32(24)15-14-31-17-27(18-31)19-35-20-27;1-2/h4-6,9-10,12,16,21,28,34H,7-8,11,13-15,17-20H2,1-3H3;1H2/b6-4-,12-5-;. The number of nitrogens with one attached hydrogen (secondary N) is 1. The number of likely N-dealkylation sites (N-methyl/N-ethyl adjacent to an activating group) is 1. The van der Waals surface area contributed by atoms with Crippen molar-refractivity contribution < 1.29 is 19.4 Å². The molecule has 1 unspecified atom stereocenters. The Kier molecular flexibility index (Phi) is 10.4. The van der Waals surface area contributed by atoms with Crippen molar-refractivity contribution in [2.45, 2.75) is 38.8 Å². The number of hydrogen-bond acceptors (Lipinski definition) is 8. The SMILES string of the molecule is C=O.CNc1ccc2c(nc(CCN(C)/C=C\C=C/C=O)n2CCN2CC3(COC3)C2)c1CCC(C)O. The first-order valence-electron chi connectivity index (χ1n) is 12.9. The van der Waals surface area contributed by atoms with Gasteiger partial charge in [-0.15, -0.1) is 0 Å². The molecule has 1 spiro atoms. The molecule has 0 aliphatic carbocycles. The zero-order valence-electron chi connectivity index (χ0n) is 22.4. The number of aliphatic hydroxyl groups excluding tert-OH is 1. The topological polar surface area (TPSA) is 99.9 Å². The highest BCUT2D eigenvalue weighted by atomic mass is 16.5. The van der Waals surface area contributed by atoms with Crippen LogP contribution >= 0.6 is 0 Å². The molecular formula is C28H41N5O4. The second kappa shape index (κ2) is 13.5. The van der Waals surface area contributed by atoms with Crippen LogP contribution in [0.2, 0.25) is 0 Å². The van der Waals surface area contributed by atoms with Crippen LogP contribution < -0.4 is 5.32 Å².